The van der Waals surface area contributed by atoms with Crippen LogP contribution in [-0.2, 0) is 4.79 Å². The van der Waals surface area contributed by atoms with Crippen molar-refractivity contribution in [2.45, 2.75) is 26.7 Å². The molecule has 1 N–H and O–H groups in total. The van der Waals surface area contributed by atoms with Gasteiger partial charge >= 0.3 is 5.97 Å². The van der Waals surface area contributed by atoms with E-state index >= 15 is 0 Å². The molecule has 0 saturated carbocycles. The Hall–Kier alpha value is -2.08. The number of halogens is 1. The van der Waals surface area contributed by atoms with Gasteiger partial charge in [-0.25, -0.2) is 4.98 Å². The molecule has 0 unspecified atom stereocenters. The van der Waals surface area contributed by atoms with Gasteiger partial charge in [-0.1, -0.05) is 18.5 Å². The minimum absolute atomic E-state index is 0.0760. The number of imidazole rings is 1. The topological polar surface area (TPSA) is 74.9 Å². The molecule has 2 rings (SSSR count). The van der Waals surface area contributed by atoms with Crippen LogP contribution < -0.4 is 0 Å². The molecule has 0 aliphatic heterocycles. The minimum Gasteiger partial charge on any atom is -0.481 e. The molecule has 6 nitrogen and oxygen atoms in total. The highest BCUT2D eigenvalue weighted by Crippen LogP contribution is 2.18. The lowest BCUT2D eigenvalue weighted by Gasteiger charge is -2.21. The lowest BCUT2D eigenvalue weighted by Crippen LogP contribution is -2.34. The summed E-state index contributed by atoms with van der Waals surface area (Å²) in [5.41, 5.74) is 1.65. The van der Waals surface area contributed by atoms with E-state index in [4.69, 9.17) is 16.7 Å². The van der Waals surface area contributed by atoms with Crippen LogP contribution in [0.4, 0.5) is 0 Å². The summed E-state index contributed by atoms with van der Waals surface area (Å²) in [5, 5.41) is 9.38. The number of amides is 1. The monoisotopic (exact) mass is 323 g/mol. The Bertz CT molecular complexity index is 711. The molecule has 0 radical (unpaired) electrons. The first-order valence-electron chi connectivity index (χ1n) is 7.09. The highest BCUT2D eigenvalue weighted by Gasteiger charge is 2.22. The number of carboxylic acids is 1. The number of hydrogen-bond donors (Lipinski definition) is 1. The van der Waals surface area contributed by atoms with Gasteiger partial charge in [0.2, 0.25) is 0 Å². The van der Waals surface area contributed by atoms with Gasteiger partial charge < -0.3 is 10.0 Å². The smallest absolute Gasteiger partial charge is 0.305 e. The predicted octanol–water partition coefficient (Wildman–Crippen LogP) is 2.62. The molecule has 7 heteroatoms. The maximum absolute atomic E-state index is 12.8. The Morgan fingerprint density at radius 2 is 2.14 bits per heavy atom. The molecule has 0 aliphatic rings. The molecule has 1 amide bonds. The number of carbonyl (C=O) groups excluding carboxylic acids is 1. The van der Waals surface area contributed by atoms with E-state index in [1.165, 1.54) is 0 Å². The van der Waals surface area contributed by atoms with Crippen LogP contribution in [0.1, 0.15) is 35.9 Å². The fraction of sp³-hybridized carbons (Fsp3) is 0.400. The van der Waals surface area contributed by atoms with Gasteiger partial charge in [0.15, 0.2) is 0 Å². The highest BCUT2D eigenvalue weighted by molar-refractivity contribution is 6.30. The number of aromatic nitrogens is 2. The second kappa shape index (κ2) is 6.79. The van der Waals surface area contributed by atoms with Crippen molar-refractivity contribution in [3.8, 4) is 0 Å². The van der Waals surface area contributed by atoms with Crippen LogP contribution in [-0.4, -0.2) is 44.4 Å². The Kier molecular flexibility index (Phi) is 5.03. The molecule has 2 aromatic heterocycles. The predicted molar refractivity (Wildman–Crippen MR) is 83.4 cm³/mol. The van der Waals surface area contributed by atoms with E-state index in [0.717, 1.165) is 6.42 Å². The van der Waals surface area contributed by atoms with Gasteiger partial charge in [-0.15, -0.1) is 0 Å². The number of nitrogens with zero attached hydrogens (tertiary/aromatic N) is 3. The zero-order valence-electron chi connectivity index (χ0n) is 12.5. The molecule has 0 spiro atoms. The third-order valence-corrected chi connectivity index (χ3v) is 3.58. The summed E-state index contributed by atoms with van der Waals surface area (Å²) in [6, 6.07) is 3.38. The van der Waals surface area contributed by atoms with Crippen molar-refractivity contribution in [1.29, 1.82) is 0 Å². The van der Waals surface area contributed by atoms with E-state index in [9.17, 15) is 9.59 Å². The van der Waals surface area contributed by atoms with Crippen LogP contribution >= 0.6 is 11.6 Å². The lowest BCUT2D eigenvalue weighted by molar-refractivity contribution is -0.137. The number of pyridine rings is 1. The van der Waals surface area contributed by atoms with Crippen LogP contribution in [0, 0.1) is 6.92 Å². The summed E-state index contributed by atoms with van der Waals surface area (Å²) in [6.07, 6.45) is 2.38. The number of carbonyl (C=O) groups is 2. The van der Waals surface area contributed by atoms with Crippen LogP contribution in [0.25, 0.3) is 5.65 Å². The number of carboxylic acid groups (broad SMARTS) is 1. The summed E-state index contributed by atoms with van der Waals surface area (Å²) in [4.78, 5) is 29.4. The highest BCUT2D eigenvalue weighted by atomic mass is 35.5. The molecular weight excluding hydrogens is 306 g/mol. The van der Waals surface area contributed by atoms with Crippen LogP contribution in [0.3, 0.4) is 0 Å². The molecule has 0 fully saturated rings. The van der Waals surface area contributed by atoms with Gasteiger partial charge in [-0.05, 0) is 19.4 Å². The van der Waals surface area contributed by atoms with Gasteiger partial charge in [0, 0.05) is 30.4 Å². The van der Waals surface area contributed by atoms with Crippen molar-refractivity contribution >= 4 is 29.1 Å². The first kappa shape index (κ1) is 16.3. The Morgan fingerprint density at radius 3 is 2.77 bits per heavy atom. The number of rotatable bonds is 6. The van der Waals surface area contributed by atoms with Crippen molar-refractivity contribution in [3.05, 3.63) is 34.7 Å². The van der Waals surface area contributed by atoms with E-state index in [2.05, 4.69) is 4.98 Å². The molecular formula is C15H18ClN3O3. The van der Waals surface area contributed by atoms with E-state index in [0.29, 0.717) is 28.6 Å². The van der Waals surface area contributed by atoms with E-state index in [1.54, 1.807) is 34.6 Å². The quantitative estimate of drug-likeness (QED) is 0.886. The summed E-state index contributed by atoms with van der Waals surface area (Å²) < 4.78 is 1.69. The third-order valence-electron chi connectivity index (χ3n) is 3.34. The van der Waals surface area contributed by atoms with Gasteiger partial charge in [0.25, 0.3) is 5.91 Å². The second-order valence-corrected chi connectivity index (χ2v) is 5.49. The maximum Gasteiger partial charge on any atom is 0.305 e. The Balaban J connectivity index is 2.37. The molecule has 0 atom stereocenters. The zero-order valence-corrected chi connectivity index (χ0v) is 13.3. The van der Waals surface area contributed by atoms with Crippen LogP contribution in [0.15, 0.2) is 18.3 Å². The number of aryl methyl sites for hydroxylation is 1. The fourth-order valence-corrected chi connectivity index (χ4v) is 2.51. The molecule has 0 aromatic carbocycles. The maximum atomic E-state index is 12.8. The summed E-state index contributed by atoms with van der Waals surface area (Å²) in [6.45, 7) is 4.40. The summed E-state index contributed by atoms with van der Waals surface area (Å²) >= 11 is 5.94. The van der Waals surface area contributed by atoms with Crippen molar-refractivity contribution < 1.29 is 14.7 Å². The SMILES string of the molecule is CCCN(CCC(=O)O)C(=O)c1c(C)nc2cc(Cl)ccn12. The molecule has 0 aliphatic carbocycles. The van der Waals surface area contributed by atoms with Crippen molar-refractivity contribution in [1.82, 2.24) is 14.3 Å². The number of fused-ring (bicyclic) bond motifs is 1. The molecule has 2 aromatic rings. The average Bonchev–Trinajstić information content (AvgIpc) is 2.77. The lowest BCUT2D eigenvalue weighted by atomic mass is 10.2. The first-order chi connectivity index (χ1) is 10.4. The normalized spacial score (nSPS) is 10.9. The van der Waals surface area contributed by atoms with Crippen molar-refractivity contribution in [2.24, 2.45) is 0 Å². The van der Waals surface area contributed by atoms with E-state index in [1.807, 2.05) is 6.92 Å². The molecule has 0 bridgehead atoms. The average molecular weight is 324 g/mol. The zero-order chi connectivity index (χ0) is 16.3. The van der Waals surface area contributed by atoms with Gasteiger partial charge in [-0.3, -0.25) is 14.0 Å². The van der Waals surface area contributed by atoms with Crippen LogP contribution in [0.2, 0.25) is 5.02 Å². The van der Waals surface area contributed by atoms with Crippen LogP contribution in [0.5, 0.6) is 0 Å². The standard InChI is InChI=1S/C15H18ClN3O3/c1-3-6-18(7-5-13(20)21)15(22)14-10(2)17-12-9-11(16)4-8-19(12)14/h4,8-9H,3,5-7H2,1-2H3,(H,20,21). The third kappa shape index (κ3) is 3.39. The number of hydrogen-bond acceptors (Lipinski definition) is 3. The minimum atomic E-state index is -0.921. The molecule has 2 heterocycles. The van der Waals surface area contributed by atoms with Crippen molar-refractivity contribution in [3.63, 3.8) is 0 Å². The first-order valence-corrected chi connectivity index (χ1v) is 7.47. The largest absolute Gasteiger partial charge is 0.481 e. The van der Waals surface area contributed by atoms with E-state index in [-0.39, 0.29) is 18.9 Å². The number of aliphatic carboxylic acids is 1. The molecule has 118 valence electrons. The summed E-state index contributed by atoms with van der Waals surface area (Å²) in [5.74, 6) is -1.13. The second-order valence-electron chi connectivity index (χ2n) is 5.05. The van der Waals surface area contributed by atoms with Gasteiger partial charge in [0.05, 0.1) is 12.1 Å². The Morgan fingerprint density at radius 1 is 1.41 bits per heavy atom. The Labute approximate surface area is 133 Å². The molecule has 22 heavy (non-hydrogen) atoms. The van der Waals surface area contributed by atoms with E-state index < -0.39 is 5.97 Å². The molecule has 0 saturated heterocycles. The fourth-order valence-electron chi connectivity index (χ4n) is 2.36. The van der Waals surface area contributed by atoms with Crippen molar-refractivity contribution in [2.75, 3.05) is 13.1 Å². The van der Waals surface area contributed by atoms with Gasteiger partial charge in [-0.2, -0.15) is 0 Å². The summed E-state index contributed by atoms with van der Waals surface area (Å²) in [7, 11) is 0. The van der Waals surface area contributed by atoms with Gasteiger partial charge in [0.1, 0.15) is 11.3 Å².